The number of hydrogen-bond acceptors (Lipinski definition) is 4. The van der Waals surface area contributed by atoms with Crippen molar-refractivity contribution < 1.29 is 0 Å². The van der Waals surface area contributed by atoms with Crippen molar-refractivity contribution in [3.8, 4) is 0 Å². The third-order valence-corrected chi connectivity index (χ3v) is 2.42. The topological polar surface area (TPSA) is 55.6 Å². The number of aryl methyl sites for hydroxylation is 1. The number of anilines is 1. The molecular formula is C11H15N5. The van der Waals surface area contributed by atoms with Gasteiger partial charge in [-0.1, -0.05) is 0 Å². The highest BCUT2D eigenvalue weighted by Gasteiger charge is 2.04. The van der Waals surface area contributed by atoms with Crippen molar-refractivity contribution in [2.24, 2.45) is 0 Å². The van der Waals surface area contributed by atoms with Crippen molar-refractivity contribution in [2.75, 3.05) is 12.4 Å². The second kappa shape index (κ2) is 4.74. The van der Waals surface area contributed by atoms with E-state index in [2.05, 4.69) is 31.8 Å². The van der Waals surface area contributed by atoms with E-state index in [0.29, 0.717) is 5.95 Å². The molecule has 0 aliphatic carbocycles. The first-order valence-corrected chi connectivity index (χ1v) is 5.33. The van der Waals surface area contributed by atoms with Crippen molar-refractivity contribution in [3.05, 3.63) is 36.2 Å². The number of nitrogens with zero attached hydrogens (tertiary/aromatic N) is 4. The summed E-state index contributed by atoms with van der Waals surface area (Å²) < 4.78 is 2.11. The standard InChI is InChI=1S/C11H15N5/c1-3-16-7-6-13-10(16)8-9-4-5-14-11(12-2)15-9/h4-7H,3,8H2,1-2H3,(H,12,14,15). The van der Waals surface area contributed by atoms with Crippen LogP contribution in [0.4, 0.5) is 5.95 Å². The van der Waals surface area contributed by atoms with Crippen LogP contribution in [0.2, 0.25) is 0 Å². The summed E-state index contributed by atoms with van der Waals surface area (Å²) in [4.78, 5) is 12.8. The molecule has 5 heteroatoms. The molecular weight excluding hydrogens is 202 g/mol. The van der Waals surface area contributed by atoms with Gasteiger partial charge in [-0.3, -0.25) is 0 Å². The predicted octanol–water partition coefficient (Wildman–Crippen LogP) is 1.33. The Balaban J connectivity index is 2.20. The Morgan fingerprint density at radius 3 is 2.94 bits per heavy atom. The van der Waals surface area contributed by atoms with Gasteiger partial charge in [-0.05, 0) is 13.0 Å². The van der Waals surface area contributed by atoms with Gasteiger partial charge in [0.1, 0.15) is 5.82 Å². The van der Waals surface area contributed by atoms with Gasteiger partial charge in [-0.2, -0.15) is 0 Å². The van der Waals surface area contributed by atoms with Crippen LogP contribution < -0.4 is 5.32 Å². The van der Waals surface area contributed by atoms with E-state index in [-0.39, 0.29) is 0 Å². The van der Waals surface area contributed by atoms with Gasteiger partial charge in [0, 0.05) is 38.6 Å². The zero-order valence-corrected chi connectivity index (χ0v) is 9.51. The Morgan fingerprint density at radius 2 is 2.19 bits per heavy atom. The summed E-state index contributed by atoms with van der Waals surface area (Å²) in [6, 6.07) is 1.91. The summed E-state index contributed by atoms with van der Waals surface area (Å²) in [5.74, 6) is 1.68. The first-order valence-electron chi connectivity index (χ1n) is 5.33. The summed E-state index contributed by atoms with van der Waals surface area (Å²) in [7, 11) is 1.81. The zero-order chi connectivity index (χ0) is 11.4. The molecule has 2 rings (SSSR count). The number of nitrogens with one attached hydrogen (secondary N) is 1. The van der Waals surface area contributed by atoms with E-state index in [1.54, 1.807) is 6.20 Å². The fourth-order valence-corrected chi connectivity index (χ4v) is 1.57. The largest absolute Gasteiger partial charge is 0.357 e. The molecule has 2 heterocycles. The van der Waals surface area contributed by atoms with Gasteiger partial charge in [0.25, 0.3) is 0 Å². The van der Waals surface area contributed by atoms with Crippen LogP contribution >= 0.6 is 0 Å². The molecule has 0 radical (unpaired) electrons. The minimum Gasteiger partial charge on any atom is -0.357 e. The van der Waals surface area contributed by atoms with Crippen molar-refractivity contribution >= 4 is 5.95 Å². The fourth-order valence-electron chi connectivity index (χ4n) is 1.57. The maximum atomic E-state index is 4.37. The highest BCUT2D eigenvalue weighted by molar-refractivity contribution is 5.24. The second-order valence-electron chi connectivity index (χ2n) is 3.43. The molecule has 5 nitrogen and oxygen atoms in total. The van der Waals surface area contributed by atoms with E-state index < -0.39 is 0 Å². The smallest absolute Gasteiger partial charge is 0.222 e. The van der Waals surface area contributed by atoms with Crippen LogP contribution in [-0.4, -0.2) is 26.6 Å². The van der Waals surface area contributed by atoms with Gasteiger partial charge < -0.3 is 9.88 Å². The van der Waals surface area contributed by atoms with E-state index in [1.807, 2.05) is 25.5 Å². The molecule has 0 aliphatic rings. The molecule has 1 N–H and O–H groups in total. The maximum absolute atomic E-state index is 4.37. The molecule has 0 atom stereocenters. The Morgan fingerprint density at radius 1 is 1.31 bits per heavy atom. The fraction of sp³-hybridized carbons (Fsp3) is 0.364. The lowest BCUT2D eigenvalue weighted by Gasteiger charge is -2.05. The molecule has 0 aliphatic heterocycles. The highest BCUT2D eigenvalue weighted by Crippen LogP contribution is 2.07. The third-order valence-electron chi connectivity index (χ3n) is 2.42. The third kappa shape index (κ3) is 2.18. The molecule has 0 saturated heterocycles. The average Bonchev–Trinajstić information content (AvgIpc) is 2.76. The van der Waals surface area contributed by atoms with Crippen LogP contribution in [0.25, 0.3) is 0 Å². The Labute approximate surface area is 94.6 Å². The Kier molecular flexibility index (Phi) is 3.14. The number of imidazole rings is 1. The summed E-state index contributed by atoms with van der Waals surface area (Å²) in [6.07, 6.45) is 6.29. The normalized spacial score (nSPS) is 10.4. The molecule has 0 unspecified atom stereocenters. The molecule has 0 aromatic carbocycles. The summed E-state index contributed by atoms with van der Waals surface area (Å²) >= 11 is 0. The highest BCUT2D eigenvalue weighted by atomic mass is 15.1. The molecule has 0 fully saturated rings. The van der Waals surface area contributed by atoms with Crippen LogP contribution in [0.3, 0.4) is 0 Å². The molecule has 2 aromatic heterocycles. The maximum Gasteiger partial charge on any atom is 0.222 e. The van der Waals surface area contributed by atoms with Crippen molar-refractivity contribution in [1.29, 1.82) is 0 Å². The van der Waals surface area contributed by atoms with Gasteiger partial charge in [-0.15, -0.1) is 0 Å². The van der Waals surface area contributed by atoms with E-state index in [0.717, 1.165) is 24.5 Å². The van der Waals surface area contributed by atoms with E-state index in [1.165, 1.54) is 0 Å². The molecule has 0 spiro atoms. The minimum absolute atomic E-state index is 0.645. The number of hydrogen-bond donors (Lipinski definition) is 1. The lowest BCUT2D eigenvalue weighted by Crippen LogP contribution is -2.05. The Bertz CT molecular complexity index is 463. The number of rotatable bonds is 4. The Hall–Kier alpha value is -1.91. The monoisotopic (exact) mass is 217 g/mol. The van der Waals surface area contributed by atoms with Crippen LogP contribution in [0, 0.1) is 0 Å². The van der Waals surface area contributed by atoms with Crippen molar-refractivity contribution in [3.63, 3.8) is 0 Å². The quantitative estimate of drug-likeness (QED) is 0.839. The molecule has 2 aromatic rings. The molecule has 0 bridgehead atoms. The predicted molar refractivity (Wildman–Crippen MR) is 62.3 cm³/mol. The molecule has 0 amide bonds. The van der Waals surface area contributed by atoms with Gasteiger partial charge in [0.05, 0.1) is 5.69 Å². The van der Waals surface area contributed by atoms with E-state index >= 15 is 0 Å². The van der Waals surface area contributed by atoms with E-state index in [4.69, 9.17) is 0 Å². The molecule has 0 saturated carbocycles. The van der Waals surface area contributed by atoms with Crippen LogP contribution in [0.1, 0.15) is 18.4 Å². The van der Waals surface area contributed by atoms with Gasteiger partial charge in [0.2, 0.25) is 5.95 Å². The van der Waals surface area contributed by atoms with Crippen LogP contribution in [-0.2, 0) is 13.0 Å². The van der Waals surface area contributed by atoms with Crippen LogP contribution in [0.5, 0.6) is 0 Å². The zero-order valence-electron chi connectivity index (χ0n) is 9.51. The minimum atomic E-state index is 0.645. The first-order chi connectivity index (χ1) is 7.83. The van der Waals surface area contributed by atoms with E-state index in [9.17, 15) is 0 Å². The van der Waals surface area contributed by atoms with Gasteiger partial charge in [-0.25, -0.2) is 15.0 Å². The summed E-state index contributed by atoms with van der Waals surface area (Å²) in [6.45, 7) is 3.03. The summed E-state index contributed by atoms with van der Waals surface area (Å²) in [5, 5.41) is 2.93. The van der Waals surface area contributed by atoms with Gasteiger partial charge in [0.15, 0.2) is 0 Å². The van der Waals surface area contributed by atoms with Crippen molar-refractivity contribution in [2.45, 2.75) is 19.9 Å². The van der Waals surface area contributed by atoms with Crippen molar-refractivity contribution in [1.82, 2.24) is 19.5 Å². The second-order valence-corrected chi connectivity index (χ2v) is 3.43. The molecule has 16 heavy (non-hydrogen) atoms. The first kappa shape index (κ1) is 10.6. The number of aromatic nitrogens is 4. The SMILES string of the molecule is CCn1ccnc1Cc1ccnc(NC)n1. The van der Waals surface area contributed by atoms with Gasteiger partial charge >= 0.3 is 0 Å². The lowest BCUT2D eigenvalue weighted by atomic mass is 10.3. The average molecular weight is 217 g/mol. The lowest BCUT2D eigenvalue weighted by molar-refractivity contribution is 0.708. The summed E-state index contributed by atoms with van der Waals surface area (Å²) in [5.41, 5.74) is 0.972. The van der Waals surface area contributed by atoms with Crippen LogP contribution in [0.15, 0.2) is 24.7 Å². The molecule has 84 valence electrons.